The lowest BCUT2D eigenvalue weighted by atomic mass is 10.2. The number of nitrogens with zero attached hydrogens (tertiary/aromatic N) is 1. The normalized spacial score (nSPS) is 11.4. The van der Waals surface area contributed by atoms with Crippen molar-refractivity contribution in [3.63, 3.8) is 0 Å². The first kappa shape index (κ1) is 20.7. The summed E-state index contributed by atoms with van der Waals surface area (Å²) in [6.45, 7) is 12.4. The lowest BCUT2D eigenvalue weighted by Gasteiger charge is -2.21. The number of ether oxygens (including phenoxy) is 2. The van der Waals surface area contributed by atoms with Gasteiger partial charge >= 0.3 is 12.1 Å². The molecule has 0 aliphatic heterocycles. The van der Waals surface area contributed by atoms with Crippen LogP contribution in [0.25, 0.3) is 0 Å². The SMILES string of the molecule is CCCN(CCCCNC(=O)OC(C)(C)C)CC(=O)OCC. The molecule has 0 unspecified atom stereocenters. The Bertz CT molecular complexity index is 327. The first-order valence-corrected chi connectivity index (χ1v) is 8.13. The van der Waals surface area contributed by atoms with Crippen molar-refractivity contribution >= 4 is 12.1 Å². The average Bonchev–Trinajstić information content (AvgIpc) is 2.36. The molecule has 0 spiro atoms. The largest absolute Gasteiger partial charge is 0.465 e. The van der Waals surface area contributed by atoms with Crippen molar-refractivity contribution in [1.82, 2.24) is 10.2 Å². The third kappa shape index (κ3) is 12.4. The van der Waals surface area contributed by atoms with Crippen LogP contribution < -0.4 is 5.32 Å². The number of unbranched alkanes of at least 4 members (excludes halogenated alkanes) is 1. The van der Waals surface area contributed by atoms with Crippen molar-refractivity contribution in [1.29, 1.82) is 0 Å². The van der Waals surface area contributed by atoms with Crippen LogP contribution >= 0.6 is 0 Å². The molecule has 0 aliphatic rings. The fraction of sp³-hybridized carbons (Fsp3) is 0.875. The van der Waals surface area contributed by atoms with E-state index in [9.17, 15) is 9.59 Å². The minimum Gasteiger partial charge on any atom is -0.465 e. The predicted octanol–water partition coefficient (Wildman–Crippen LogP) is 2.57. The first-order chi connectivity index (χ1) is 10.3. The molecule has 0 aromatic carbocycles. The summed E-state index contributed by atoms with van der Waals surface area (Å²) in [6.07, 6.45) is 2.37. The van der Waals surface area contributed by atoms with Crippen LogP contribution in [-0.4, -0.2) is 55.3 Å². The molecule has 0 atom stereocenters. The predicted molar refractivity (Wildman–Crippen MR) is 86.8 cm³/mol. The number of amides is 1. The lowest BCUT2D eigenvalue weighted by Crippen LogP contribution is -2.34. The van der Waals surface area contributed by atoms with E-state index in [-0.39, 0.29) is 12.1 Å². The molecule has 0 aliphatic carbocycles. The van der Waals surface area contributed by atoms with E-state index in [4.69, 9.17) is 9.47 Å². The summed E-state index contributed by atoms with van der Waals surface area (Å²) in [5, 5.41) is 2.73. The summed E-state index contributed by atoms with van der Waals surface area (Å²) in [5.74, 6) is -0.178. The fourth-order valence-corrected chi connectivity index (χ4v) is 1.94. The van der Waals surface area contributed by atoms with Crippen LogP contribution in [0.5, 0.6) is 0 Å². The number of hydrogen-bond donors (Lipinski definition) is 1. The van der Waals surface area contributed by atoms with Crippen molar-refractivity contribution in [2.24, 2.45) is 0 Å². The highest BCUT2D eigenvalue weighted by Gasteiger charge is 2.15. The topological polar surface area (TPSA) is 67.9 Å². The molecule has 6 heteroatoms. The summed E-state index contributed by atoms with van der Waals surface area (Å²) < 4.78 is 10.1. The van der Waals surface area contributed by atoms with Crippen molar-refractivity contribution in [2.75, 3.05) is 32.8 Å². The van der Waals surface area contributed by atoms with E-state index < -0.39 is 5.60 Å². The molecule has 0 aromatic heterocycles. The molecule has 0 heterocycles. The molecule has 130 valence electrons. The van der Waals surface area contributed by atoms with E-state index in [1.165, 1.54) is 0 Å². The quantitative estimate of drug-likeness (QED) is 0.495. The maximum Gasteiger partial charge on any atom is 0.407 e. The summed E-state index contributed by atoms with van der Waals surface area (Å²) in [7, 11) is 0. The van der Waals surface area contributed by atoms with Crippen LogP contribution in [0, 0.1) is 0 Å². The minimum absolute atomic E-state index is 0.178. The number of carbonyl (C=O) groups is 2. The standard InChI is InChI=1S/C16H32N2O4/c1-6-11-18(13-14(19)21-7-2)12-9-8-10-17-15(20)22-16(3,4)5/h6-13H2,1-5H3,(H,17,20). The Morgan fingerprint density at radius 1 is 1.09 bits per heavy atom. The second-order valence-electron chi connectivity index (χ2n) is 6.22. The van der Waals surface area contributed by atoms with Crippen LogP contribution in [0.4, 0.5) is 4.79 Å². The van der Waals surface area contributed by atoms with E-state index in [0.717, 1.165) is 32.4 Å². The molecule has 0 fully saturated rings. The van der Waals surface area contributed by atoms with Gasteiger partial charge in [-0.15, -0.1) is 0 Å². The third-order valence-electron chi connectivity index (χ3n) is 2.77. The third-order valence-corrected chi connectivity index (χ3v) is 2.77. The smallest absolute Gasteiger partial charge is 0.407 e. The Labute approximate surface area is 134 Å². The van der Waals surface area contributed by atoms with Crippen molar-refractivity contribution < 1.29 is 19.1 Å². The second kappa shape index (κ2) is 11.3. The zero-order valence-corrected chi connectivity index (χ0v) is 14.7. The first-order valence-electron chi connectivity index (χ1n) is 8.13. The zero-order chi connectivity index (χ0) is 17.0. The van der Waals surface area contributed by atoms with Crippen LogP contribution in [0.2, 0.25) is 0 Å². The average molecular weight is 316 g/mol. The van der Waals surface area contributed by atoms with Crippen molar-refractivity contribution in [3.8, 4) is 0 Å². The monoisotopic (exact) mass is 316 g/mol. The van der Waals surface area contributed by atoms with Gasteiger partial charge in [0, 0.05) is 6.54 Å². The van der Waals surface area contributed by atoms with Gasteiger partial charge in [-0.3, -0.25) is 9.69 Å². The van der Waals surface area contributed by atoms with Gasteiger partial charge < -0.3 is 14.8 Å². The van der Waals surface area contributed by atoms with Gasteiger partial charge in [-0.25, -0.2) is 4.79 Å². The number of alkyl carbamates (subject to hydrolysis) is 1. The molecule has 0 saturated heterocycles. The van der Waals surface area contributed by atoms with Gasteiger partial charge in [0.1, 0.15) is 5.60 Å². The van der Waals surface area contributed by atoms with E-state index in [1.54, 1.807) is 0 Å². The molecule has 22 heavy (non-hydrogen) atoms. The van der Waals surface area contributed by atoms with Crippen LogP contribution in [0.15, 0.2) is 0 Å². The molecule has 0 saturated carbocycles. The van der Waals surface area contributed by atoms with Gasteiger partial charge in [-0.1, -0.05) is 6.92 Å². The summed E-state index contributed by atoms with van der Waals surface area (Å²) in [4.78, 5) is 25.1. The molecule has 0 radical (unpaired) electrons. The van der Waals surface area contributed by atoms with Gasteiger partial charge in [-0.2, -0.15) is 0 Å². The van der Waals surface area contributed by atoms with Gasteiger partial charge in [0.25, 0.3) is 0 Å². The van der Waals surface area contributed by atoms with E-state index in [1.807, 2.05) is 27.7 Å². The number of nitrogens with one attached hydrogen (secondary N) is 1. The molecular formula is C16H32N2O4. The minimum atomic E-state index is -0.471. The molecule has 0 rings (SSSR count). The van der Waals surface area contributed by atoms with E-state index >= 15 is 0 Å². The zero-order valence-electron chi connectivity index (χ0n) is 14.7. The van der Waals surface area contributed by atoms with Crippen molar-refractivity contribution in [2.45, 2.75) is 59.5 Å². The van der Waals surface area contributed by atoms with Gasteiger partial charge in [0.05, 0.1) is 13.2 Å². The molecule has 1 N–H and O–H groups in total. The van der Waals surface area contributed by atoms with Crippen molar-refractivity contribution in [3.05, 3.63) is 0 Å². The summed E-state index contributed by atoms with van der Waals surface area (Å²) >= 11 is 0. The Morgan fingerprint density at radius 2 is 1.77 bits per heavy atom. The Hall–Kier alpha value is -1.30. The van der Waals surface area contributed by atoms with Crippen LogP contribution in [-0.2, 0) is 14.3 Å². The van der Waals surface area contributed by atoms with Gasteiger partial charge in [-0.05, 0) is 60.0 Å². The number of rotatable bonds is 10. The Morgan fingerprint density at radius 3 is 2.32 bits per heavy atom. The fourth-order valence-electron chi connectivity index (χ4n) is 1.94. The van der Waals surface area contributed by atoms with Crippen LogP contribution in [0.3, 0.4) is 0 Å². The summed E-state index contributed by atoms with van der Waals surface area (Å²) in [6, 6.07) is 0. The molecule has 0 bridgehead atoms. The van der Waals surface area contributed by atoms with E-state index in [0.29, 0.717) is 19.7 Å². The highest BCUT2D eigenvalue weighted by Crippen LogP contribution is 2.06. The summed E-state index contributed by atoms with van der Waals surface area (Å²) in [5.41, 5.74) is -0.471. The Kier molecular flexibility index (Phi) is 10.6. The lowest BCUT2D eigenvalue weighted by molar-refractivity contribution is -0.144. The molecule has 1 amide bonds. The second-order valence-corrected chi connectivity index (χ2v) is 6.22. The van der Waals surface area contributed by atoms with Crippen LogP contribution in [0.1, 0.15) is 53.9 Å². The number of carbonyl (C=O) groups excluding carboxylic acids is 2. The van der Waals surface area contributed by atoms with E-state index in [2.05, 4.69) is 17.1 Å². The highest BCUT2D eigenvalue weighted by molar-refractivity contribution is 5.71. The molecule has 6 nitrogen and oxygen atoms in total. The van der Waals surface area contributed by atoms with Gasteiger partial charge in [0.15, 0.2) is 0 Å². The molecular weight excluding hydrogens is 284 g/mol. The van der Waals surface area contributed by atoms with Gasteiger partial charge in [0.2, 0.25) is 0 Å². The number of hydrogen-bond acceptors (Lipinski definition) is 5. The maximum absolute atomic E-state index is 11.5. The maximum atomic E-state index is 11.5. The highest BCUT2D eigenvalue weighted by atomic mass is 16.6. The molecule has 0 aromatic rings. The number of esters is 1. The Balaban J connectivity index is 3.84.